The number of ketones is 1. The molecule has 0 saturated carbocycles. The van der Waals surface area contributed by atoms with Crippen LogP contribution < -0.4 is 14.2 Å². The van der Waals surface area contributed by atoms with E-state index in [-0.39, 0.29) is 17.2 Å². The Bertz CT molecular complexity index is 1160. The van der Waals surface area contributed by atoms with Crippen LogP contribution in [0.5, 0.6) is 17.2 Å². The molecule has 0 aliphatic carbocycles. The molecule has 2 aromatic heterocycles. The molecule has 0 aliphatic rings. The molecule has 0 saturated heterocycles. The van der Waals surface area contributed by atoms with Gasteiger partial charge in [-0.15, -0.1) is 0 Å². The number of furan rings is 1. The molecule has 4 aromatic rings. The average Bonchev–Trinajstić information content (AvgIpc) is 3.45. The van der Waals surface area contributed by atoms with Crippen LogP contribution in [0.15, 0.2) is 63.6 Å². The van der Waals surface area contributed by atoms with Crippen molar-refractivity contribution in [3.8, 4) is 17.2 Å². The standard InChI is InChI=1S/C23H19NO6/c1-26-19-11-14(12-20(27-2)22(19)28-3)21(25)16(13-15-7-6-10-29-15)23-24-17-8-4-5-9-18(17)30-23/h4-13H,1-3H3/b16-13-. The topological polar surface area (TPSA) is 83.9 Å². The molecular formula is C23H19NO6. The summed E-state index contributed by atoms with van der Waals surface area (Å²) in [5, 5.41) is 0. The number of oxazole rings is 1. The van der Waals surface area contributed by atoms with Crippen LogP contribution in [0.2, 0.25) is 0 Å². The van der Waals surface area contributed by atoms with E-state index >= 15 is 0 Å². The quantitative estimate of drug-likeness (QED) is 0.320. The largest absolute Gasteiger partial charge is 0.493 e. The average molecular weight is 405 g/mol. The Kier molecular flexibility index (Phi) is 5.26. The highest BCUT2D eigenvalue weighted by Gasteiger charge is 2.24. The number of carbonyl (C=O) groups excluding carboxylic acids is 1. The van der Waals surface area contributed by atoms with Crippen LogP contribution in [0.4, 0.5) is 0 Å². The first kappa shape index (κ1) is 19.3. The van der Waals surface area contributed by atoms with Gasteiger partial charge in [0.15, 0.2) is 22.9 Å². The molecule has 0 fully saturated rings. The number of nitrogens with zero attached hydrogens (tertiary/aromatic N) is 1. The fourth-order valence-electron chi connectivity index (χ4n) is 3.10. The molecule has 0 radical (unpaired) electrons. The predicted octanol–water partition coefficient (Wildman–Crippen LogP) is 4.87. The van der Waals surface area contributed by atoms with E-state index in [1.807, 2.05) is 18.2 Å². The van der Waals surface area contributed by atoms with Crippen LogP contribution in [0.3, 0.4) is 0 Å². The molecule has 0 bridgehead atoms. The lowest BCUT2D eigenvalue weighted by Crippen LogP contribution is -2.05. The number of hydrogen-bond donors (Lipinski definition) is 0. The summed E-state index contributed by atoms with van der Waals surface area (Å²) in [6.07, 6.45) is 3.12. The zero-order valence-electron chi connectivity index (χ0n) is 16.7. The summed E-state index contributed by atoms with van der Waals surface area (Å²) >= 11 is 0. The van der Waals surface area contributed by atoms with Crippen molar-refractivity contribution in [1.29, 1.82) is 0 Å². The van der Waals surface area contributed by atoms with E-state index in [9.17, 15) is 4.79 Å². The number of carbonyl (C=O) groups is 1. The SMILES string of the molecule is COc1cc(C(=O)/C(=C/c2ccco2)c2nc3ccccc3o2)cc(OC)c1OC. The van der Waals surface area contributed by atoms with E-state index in [2.05, 4.69) is 4.98 Å². The molecule has 2 heterocycles. The van der Waals surface area contributed by atoms with E-state index in [1.165, 1.54) is 27.6 Å². The number of methoxy groups -OCH3 is 3. The maximum atomic E-state index is 13.5. The maximum Gasteiger partial charge on any atom is 0.231 e. The van der Waals surface area contributed by atoms with Crippen molar-refractivity contribution in [3.05, 3.63) is 72.0 Å². The Morgan fingerprint density at radius 1 is 0.967 bits per heavy atom. The summed E-state index contributed by atoms with van der Waals surface area (Å²) in [4.78, 5) is 18.0. The van der Waals surface area contributed by atoms with Gasteiger partial charge < -0.3 is 23.0 Å². The molecular weight excluding hydrogens is 386 g/mol. The highest BCUT2D eigenvalue weighted by molar-refractivity contribution is 6.31. The van der Waals surface area contributed by atoms with Crippen molar-refractivity contribution in [2.75, 3.05) is 21.3 Å². The van der Waals surface area contributed by atoms with Gasteiger partial charge in [0.05, 0.1) is 33.2 Å². The molecule has 0 amide bonds. The second-order valence-corrected chi connectivity index (χ2v) is 6.30. The van der Waals surface area contributed by atoms with Gasteiger partial charge in [-0.25, -0.2) is 4.98 Å². The molecule has 152 valence electrons. The second kappa shape index (κ2) is 8.16. The van der Waals surface area contributed by atoms with Gasteiger partial charge in [0.25, 0.3) is 0 Å². The Labute approximate surface area is 172 Å². The lowest BCUT2D eigenvalue weighted by Gasteiger charge is -2.14. The Balaban J connectivity index is 1.86. The van der Waals surface area contributed by atoms with Gasteiger partial charge in [0, 0.05) is 5.56 Å². The zero-order valence-corrected chi connectivity index (χ0v) is 16.7. The summed E-state index contributed by atoms with van der Waals surface area (Å²) in [7, 11) is 4.49. The first-order valence-electron chi connectivity index (χ1n) is 9.10. The monoisotopic (exact) mass is 405 g/mol. The third-order valence-electron chi connectivity index (χ3n) is 4.53. The van der Waals surface area contributed by atoms with Crippen molar-refractivity contribution in [2.45, 2.75) is 0 Å². The van der Waals surface area contributed by atoms with Crippen LogP contribution in [0.1, 0.15) is 22.0 Å². The Hall–Kier alpha value is -4.00. The van der Waals surface area contributed by atoms with Crippen molar-refractivity contribution in [1.82, 2.24) is 4.98 Å². The van der Waals surface area contributed by atoms with Gasteiger partial charge in [-0.2, -0.15) is 0 Å². The minimum atomic E-state index is -0.336. The number of ether oxygens (including phenoxy) is 3. The number of allylic oxidation sites excluding steroid dienone is 1. The van der Waals surface area contributed by atoms with Crippen LogP contribution >= 0.6 is 0 Å². The number of aromatic nitrogens is 1. The normalized spacial score (nSPS) is 11.5. The van der Waals surface area contributed by atoms with E-state index in [4.69, 9.17) is 23.0 Å². The summed E-state index contributed by atoms with van der Waals surface area (Å²) in [6.45, 7) is 0. The minimum Gasteiger partial charge on any atom is -0.493 e. The summed E-state index contributed by atoms with van der Waals surface area (Å²) in [5.41, 5.74) is 1.78. The van der Waals surface area contributed by atoms with Crippen LogP contribution in [-0.2, 0) is 0 Å². The van der Waals surface area contributed by atoms with E-state index in [0.29, 0.717) is 39.7 Å². The fourth-order valence-corrected chi connectivity index (χ4v) is 3.10. The maximum absolute atomic E-state index is 13.5. The smallest absolute Gasteiger partial charge is 0.231 e. The molecule has 4 rings (SSSR count). The van der Waals surface area contributed by atoms with E-state index < -0.39 is 0 Å². The molecule has 0 spiro atoms. The van der Waals surface area contributed by atoms with Gasteiger partial charge >= 0.3 is 0 Å². The van der Waals surface area contributed by atoms with E-state index in [0.717, 1.165) is 0 Å². The predicted molar refractivity (Wildman–Crippen MR) is 111 cm³/mol. The molecule has 7 heteroatoms. The lowest BCUT2D eigenvalue weighted by atomic mass is 10.0. The molecule has 0 N–H and O–H groups in total. The number of benzene rings is 2. The molecule has 0 atom stereocenters. The van der Waals surface area contributed by atoms with Gasteiger partial charge in [-0.05, 0) is 42.5 Å². The second-order valence-electron chi connectivity index (χ2n) is 6.30. The number of fused-ring (bicyclic) bond motifs is 1. The zero-order chi connectivity index (χ0) is 21.1. The van der Waals surface area contributed by atoms with Crippen molar-refractivity contribution in [3.63, 3.8) is 0 Å². The third-order valence-corrected chi connectivity index (χ3v) is 4.53. The fraction of sp³-hybridized carbons (Fsp3) is 0.130. The highest BCUT2D eigenvalue weighted by Crippen LogP contribution is 2.39. The van der Waals surface area contributed by atoms with E-state index in [1.54, 1.807) is 36.4 Å². The van der Waals surface area contributed by atoms with Crippen molar-refractivity contribution >= 4 is 28.5 Å². The summed E-state index contributed by atoms with van der Waals surface area (Å²) < 4.78 is 27.3. The number of Topliss-reactive ketones (excluding diaryl/α,β-unsaturated/α-hetero) is 1. The third kappa shape index (κ3) is 3.53. The van der Waals surface area contributed by atoms with Crippen molar-refractivity contribution in [2.24, 2.45) is 0 Å². The molecule has 7 nitrogen and oxygen atoms in total. The molecule has 0 unspecified atom stereocenters. The molecule has 2 aromatic carbocycles. The minimum absolute atomic E-state index is 0.186. The Morgan fingerprint density at radius 3 is 2.30 bits per heavy atom. The van der Waals surface area contributed by atoms with Crippen molar-refractivity contribution < 1.29 is 27.8 Å². The van der Waals surface area contributed by atoms with Gasteiger partial charge in [-0.3, -0.25) is 4.79 Å². The number of rotatable bonds is 7. The summed E-state index contributed by atoms with van der Waals surface area (Å²) in [6, 6.07) is 14.0. The Morgan fingerprint density at radius 2 is 1.70 bits per heavy atom. The van der Waals surface area contributed by atoms with Crippen LogP contribution in [0.25, 0.3) is 22.7 Å². The van der Waals surface area contributed by atoms with Crippen LogP contribution in [-0.4, -0.2) is 32.1 Å². The number of para-hydroxylation sites is 2. The highest BCUT2D eigenvalue weighted by atomic mass is 16.5. The molecule has 30 heavy (non-hydrogen) atoms. The van der Waals surface area contributed by atoms with Gasteiger partial charge in [-0.1, -0.05) is 12.1 Å². The van der Waals surface area contributed by atoms with Crippen LogP contribution in [0, 0.1) is 0 Å². The summed E-state index contributed by atoms with van der Waals surface area (Å²) in [5.74, 6) is 1.48. The van der Waals surface area contributed by atoms with Gasteiger partial charge in [0.1, 0.15) is 11.3 Å². The first-order valence-corrected chi connectivity index (χ1v) is 9.10. The first-order chi connectivity index (χ1) is 14.6. The lowest BCUT2D eigenvalue weighted by molar-refractivity contribution is 0.105. The number of hydrogen-bond acceptors (Lipinski definition) is 7. The molecule has 0 aliphatic heterocycles. The van der Waals surface area contributed by atoms with Gasteiger partial charge in [0.2, 0.25) is 11.6 Å².